The van der Waals surface area contributed by atoms with Crippen LogP contribution in [-0.4, -0.2) is 13.0 Å². The summed E-state index contributed by atoms with van der Waals surface area (Å²) in [4.78, 5) is 0. The van der Waals surface area contributed by atoms with Crippen molar-refractivity contribution in [2.75, 3.05) is 0 Å². The van der Waals surface area contributed by atoms with Gasteiger partial charge in [-0.15, -0.1) is 0 Å². The van der Waals surface area contributed by atoms with Crippen molar-refractivity contribution >= 4 is 10.1 Å². The minimum Gasteiger partial charge on any atom is -0.744 e. The van der Waals surface area contributed by atoms with E-state index in [0.29, 0.717) is 6.42 Å². The fourth-order valence-corrected chi connectivity index (χ4v) is 3.01. The molecule has 0 rings (SSSR count). The van der Waals surface area contributed by atoms with E-state index in [0.717, 1.165) is 18.2 Å². The molecule has 0 atom stereocenters. The van der Waals surface area contributed by atoms with Crippen LogP contribution in [0.25, 0.3) is 0 Å². The molecule has 0 aromatic carbocycles. The summed E-state index contributed by atoms with van der Waals surface area (Å²) in [6.45, 7) is 2.26. The largest absolute Gasteiger partial charge is 1.00 e. The maximum absolute atomic E-state index is 10.3. The summed E-state index contributed by atoms with van der Waals surface area (Å²) < 4.78 is 31.0. The summed E-state index contributed by atoms with van der Waals surface area (Å²) >= 11 is 0. The van der Waals surface area contributed by atoms with Crippen LogP contribution in [0.5, 0.6) is 0 Å². The molecule has 0 amide bonds. The fraction of sp³-hybridized carbons (Fsp3) is 0.889. The van der Waals surface area contributed by atoms with Crippen molar-refractivity contribution in [3.63, 3.8) is 0 Å². The molecular weight excluding hydrogens is 319 g/mol. The molecule has 0 spiro atoms. The molecule has 132 valence electrons. The van der Waals surface area contributed by atoms with Crippen molar-refractivity contribution in [2.45, 2.75) is 103 Å². The molecule has 0 fully saturated rings. The second-order valence-corrected chi connectivity index (χ2v) is 7.51. The average Bonchev–Trinajstić information content (AvgIpc) is 2.45. The van der Waals surface area contributed by atoms with E-state index in [1.807, 2.05) is 0 Å². The minimum atomic E-state index is -4.17. The molecular formula is C18H35NaO3S. The van der Waals surface area contributed by atoms with Crippen LogP contribution in [0.3, 0.4) is 0 Å². The quantitative estimate of drug-likeness (QED) is 0.243. The summed E-state index contributed by atoms with van der Waals surface area (Å²) in [6.07, 6.45) is 20.5. The smallest absolute Gasteiger partial charge is 0.744 e. The molecule has 0 saturated carbocycles. The van der Waals surface area contributed by atoms with Gasteiger partial charge in [0.1, 0.15) is 10.1 Å². The van der Waals surface area contributed by atoms with Crippen LogP contribution < -0.4 is 29.6 Å². The van der Waals surface area contributed by atoms with Crippen LogP contribution in [0.1, 0.15) is 103 Å². The van der Waals surface area contributed by atoms with Gasteiger partial charge in [-0.25, -0.2) is 8.42 Å². The van der Waals surface area contributed by atoms with Gasteiger partial charge in [-0.1, -0.05) is 96.5 Å². The zero-order chi connectivity index (χ0) is 16.5. The Morgan fingerprint density at radius 3 is 1.39 bits per heavy atom. The first-order chi connectivity index (χ1) is 10.6. The van der Waals surface area contributed by atoms with E-state index in [-0.39, 0.29) is 29.6 Å². The number of unbranched alkanes of at least 4 members (excludes halogenated alkanes) is 14. The van der Waals surface area contributed by atoms with Gasteiger partial charge in [-0.3, -0.25) is 0 Å². The van der Waals surface area contributed by atoms with Crippen LogP contribution in [0.4, 0.5) is 0 Å². The SMILES string of the molecule is CCCCCCCCCCCCCCCC/C=C/S(=O)(=O)[O-].[Na+]. The predicted molar refractivity (Wildman–Crippen MR) is 93.8 cm³/mol. The van der Waals surface area contributed by atoms with Crippen molar-refractivity contribution in [3.8, 4) is 0 Å². The van der Waals surface area contributed by atoms with Crippen molar-refractivity contribution in [2.24, 2.45) is 0 Å². The predicted octanol–water partition coefficient (Wildman–Crippen LogP) is 2.92. The first-order valence-electron chi connectivity index (χ1n) is 9.18. The van der Waals surface area contributed by atoms with Crippen molar-refractivity contribution < 1.29 is 42.5 Å². The van der Waals surface area contributed by atoms with E-state index in [2.05, 4.69) is 6.92 Å². The Morgan fingerprint density at radius 2 is 1.04 bits per heavy atom. The van der Waals surface area contributed by atoms with Crippen LogP contribution in [-0.2, 0) is 10.1 Å². The Morgan fingerprint density at radius 1 is 0.696 bits per heavy atom. The summed E-state index contributed by atoms with van der Waals surface area (Å²) in [6, 6.07) is 0. The molecule has 0 aromatic heterocycles. The van der Waals surface area contributed by atoms with Gasteiger partial charge in [0.25, 0.3) is 0 Å². The van der Waals surface area contributed by atoms with Gasteiger partial charge < -0.3 is 4.55 Å². The second-order valence-electron chi connectivity index (χ2n) is 6.25. The van der Waals surface area contributed by atoms with E-state index in [1.54, 1.807) is 0 Å². The molecule has 23 heavy (non-hydrogen) atoms. The third-order valence-electron chi connectivity index (χ3n) is 3.99. The number of hydrogen-bond acceptors (Lipinski definition) is 3. The molecule has 0 aliphatic heterocycles. The van der Waals surface area contributed by atoms with E-state index in [1.165, 1.54) is 83.1 Å². The van der Waals surface area contributed by atoms with Gasteiger partial charge >= 0.3 is 29.6 Å². The van der Waals surface area contributed by atoms with E-state index >= 15 is 0 Å². The van der Waals surface area contributed by atoms with Crippen molar-refractivity contribution in [3.05, 3.63) is 11.5 Å². The van der Waals surface area contributed by atoms with E-state index in [4.69, 9.17) is 0 Å². The molecule has 0 aliphatic rings. The third kappa shape index (κ3) is 25.0. The molecule has 0 unspecified atom stereocenters. The van der Waals surface area contributed by atoms with Gasteiger partial charge in [-0.05, 0) is 12.8 Å². The molecule has 0 saturated heterocycles. The zero-order valence-electron chi connectivity index (χ0n) is 15.4. The maximum Gasteiger partial charge on any atom is 1.00 e. The molecule has 0 aromatic rings. The van der Waals surface area contributed by atoms with E-state index < -0.39 is 10.1 Å². The molecule has 0 heterocycles. The minimum absolute atomic E-state index is 0. The summed E-state index contributed by atoms with van der Waals surface area (Å²) in [7, 11) is -4.17. The maximum atomic E-state index is 10.3. The van der Waals surface area contributed by atoms with Crippen molar-refractivity contribution in [1.29, 1.82) is 0 Å². The third-order valence-corrected chi connectivity index (χ3v) is 4.51. The standard InChI is InChI=1S/C18H36O3S.Na/c1-2-3-4-5-6-7-8-9-10-11-12-13-14-15-16-17-18-22(19,20)21;/h17-18H,2-16H2,1H3,(H,19,20,21);/q;+1/p-1/b18-17+;. The molecule has 0 N–H and O–H groups in total. The van der Waals surface area contributed by atoms with Crippen LogP contribution in [0.2, 0.25) is 0 Å². The topological polar surface area (TPSA) is 57.2 Å². The monoisotopic (exact) mass is 354 g/mol. The Kier molecular flexibility index (Phi) is 21.4. The first-order valence-corrected chi connectivity index (χ1v) is 10.7. The Hall–Kier alpha value is 0.650. The van der Waals surface area contributed by atoms with Gasteiger partial charge in [0.15, 0.2) is 0 Å². The molecule has 3 nitrogen and oxygen atoms in total. The van der Waals surface area contributed by atoms with Crippen molar-refractivity contribution in [1.82, 2.24) is 0 Å². The average molecular weight is 355 g/mol. The zero-order valence-corrected chi connectivity index (χ0v) is 18.2. The number of hydrogen-bond donors (Lipinski definition) is 0. The van der Waals surface area contributed by atoms with E-state index in [9.17, 15) is 13.0 Å². The normalized spacial score (nSPS) is 11.7. The first kappa shape index (κ1) is 25.9. The molecule has 0 aliphatic carbocycles. The van der Waals surface area contributed by atoms with Crippen LogP contribution >= 0.6 is 0 Å². The van der Waals surface area contributed by atoms with Crippen LogP contribution in [0, 0.1) is 0 Å². The molecule has 5 heteroatoms. The number of allylic oxidation sites excluding steroid dienone is 1. The van der Waals surface area contributed by atoms with Gasteiger partial charge in [0.2, 0.25) is 0 Å². The fourth-order valence-electron chi connectivity index (χ4n) is 2.64. The summed E-state index contributed by atoms with van der Waals surface area (Å²) in [5, 5.41) is 0.773. The second kappa shape index (κ2) is 19.0. The Balaban J connectivity index is 0. The van der Waals surface area contributed by atoms with Gasteiger partial charge in [-0.2, -0.15) is 0 Å². The molecule has 0 radical (unpaired) electrons. The summed E-state index contributed by atoms with van der Waals surface area (Å²) in [5.74, 6) is 0. The summed E-state index contributed by atoms with van der Waals surface area (Å²) in [5.41, 5.74) is 0. The van der Waals surface area contributed by atoms with Crippen LogP contribution in [0.15, 0.2) is 11.5 Å². The molecule has 0 bridgehead atoms. The Bertz CT molecular complexity index is 353. The Labute approximate surface area is 166 Å². The van der Waals surface area contributed by atoms with Gasteiger partial charge in [0.05, 0.1) is 0 Å². The van der Waals surface area contributed by atoms with Gasteiger partial charge in [0, 0.05) is 5.41 Å². The number of rotatable bonds is 16.